The summed E-state index contributed by atoms with van der Waals surface area (Å²) < 4.78 is 2.41. The summed E-state index contributed by atoms with van der Waals surface area (Å²) in [6, 6.07) is 73.6. The maximum absolute atomic E-state index is 2.61. The Balaban J connectivity index is 0.000000570. The summed E-state index contributed by atoms with van der Waals surface area (Å²) in [4.78, 5) is 0. The maximum atomic E-state index is 2.61. The third-order valence-corrected chi connectivity index (χ3v) is 27.7. The number of nitrogens with zero attached hydrogens (tertiary/aromatic N) is 2. The fraction of sp³-hybridized carbons (Fsp3) is 0.667. The summed E-state index contributed by atoms with van der Waals surface area (Å²) in [7, 11) is 0. The van der Waals surface area contributed by atoms with E-state index >= 15 is 0 Å². The van der Waals surface area contributed by atoms with Crippen LogP contribution in [0.25, 0.3) is 0 Å². The van der Waals surface area contributed by atoms with Crippen LogP contribution in [0.4, 0.5) is 0 Å². The molecule has 0 heterocycles. The Morgan fingerprint density at radius 1 is 0.179 bits per heavy atom. The molecule has 0 spiro atoms. The molecule has 0 aliphatic carbocycles. The van der Waals surface area contributed by atoms with E-state index in [9.17, 15) is 0 Å². The first-order valence-corrected chi connectivity index (χ1v) is 48.0. The number of halogens is 2. The van der Waals surface area contributed by atoms with Crippen LogP contribution < -0.4 is 34.0 Å². The largest absolute Gasteiger partial charge is 1.00 e. The number of benzene rings is 6. The van der Waals surface area contributed by atoms with Gasteiger partial charge in [0.15, 0.2) is 0 Å². The van der Waals surface area contributed by atoms with Crippen molar-refractivity contribution in [3.8, 4) is 0 Å². The van der Waals surface area contributed by atoms with E-state index in [1.807, 2.05) is 0 Å². The minimum atomic E-state index is -0.218. The lowest BCUT2D eigenvalue weighted by Crippen LogP contribution is -3.00. The highest BCUT2D eigenvalue weighted by Crippen LogP contribution is 2.66. The maximum Gasteiger partial charge on any atom is 0.139 e. The molecule has 6 aromatic rings. The Morgan fingerprint density at radius 3 is 0.536 bits per heavy atom. The van der Waals surface area contributed by atoms with Gasteiger partial charge >= 0.3 is 0 Å². The molecule has 0 amide bonds. The van der Waals surface area contributed by atoms with Gasteiger partial charge in [-0.2, -0.15) is 0 Å². The molecule has 6 aromatic carbocycles. The van der Waals surface area contributed by atoms with Crippen LogP contribution in [0.1, 0.15) is 426 Å². The molecule has 0 bridgehead atoms. The van der Waals surface area contributed by atoms with Gasteiger partial charge < -0.3 is 42.9 Å². The molecule has 2 atom stereocenters. The molecule has 0 aromatic heterocycles. The van der Waals surface area contributed by atoms with Gasteiger partial charge in [-0.3, -0.25) is 0 Å². The van der Waals surface area contributed by atoms with Crippen molar-refractivity contribution in [2.45, 2.75) is 414 Å². The predicted octanol–water partition coefficient (Wildman–Crippen LogP) is 27.6. The Labute approximate surface area is 717 Å². The van der Waals surface area contributed by atoms with Crippen molar-refractivity contribution in [3.63, 3.8) is 0 Å². The van der Waals surface area contributed by atoms with Gasteiger partial charge in [-0.05, 0) is 136 Å². The number of rotatable bonds is 64. The van der Waals surface area contributed by atoms with Gasteiger partial charge in [0.1, 0.15) is 11.1 Å². The highest BCUT2D eigenvalue weighted by Gasteiger charge is 2.68. The Morgan fingerprint density at radius 2 is 0.348 bits per heavy atom. The first-order chi connectivity index (χ1) is 53.9. The molecule has 0 aliphatic rings. The zero-order chi connectivity index (χ0) is 79.4. The molecular weight excluding hydrogens is 1490 g/mol. The minimum absolute atomic E-state index is 0. The smallest absolute Gasteiger partial charge is 0.139 e. The average Bonchev–Trinajstić information content (AvgIpc) is 0.691. The Kier molecular flexibility index (Phi) is 53.2. The van der Waals surface area contributed by atoms with E-state index in [0.717, 1.165) is 0 Å². The molecule has 0 fully saturated rings. The van der Waals surface area contributed by atoms with Crippen LogP contribution in [0, 0.1) is 10.8 Å². The number of hydrogen-bond donors (Lipinski definition) is 0. The monoisotopic (exact) mass is 1660 g/mol. The highest BCUT2D eigenvalue weighted by molar-refractivity contribution is 5.50. The van der Waals surface area contributed by atoms with E-state index in [2.05, 4.69) is 279 Å². The molecule has 0 saturated carbocycles. The van der Waals surface area contributed by atoms with Crippen LogP contribution in [0.3, 0.4) is 0 Å². The SMILES string of the molecule is CCCCCCCCC(c1ccccc1)(C(CC(CCCC)(CCCC)CCCC)(c1ccccc1)c1ccccc1)[N+](CCCC)(CCCC)CCCC.CCCCCCCCC(c1ccccc1)(C(CC(CCCC)(CCCC)CCCC)(c1ccccc1)c1ccccc1)[N+](CCCC)(CCCC)CCCC.[Br-].[Br-]. The van der Waals surface area contributed by atoms with Crippen molar-refractivity contribution in [1.29, 1.82) is 0 Å². The van der Waals surface area contributed by atoms with Gasteiger partial charge in [-0.25, -0.2) is 0 Å². The van der Waals surface area contributed by atoms with Crippen molar-refractivity contribution in [1.82, 2.24) is 0 Å². The highest BCUT2D eigenvalue weighted by atomic mass is 79.9. The molecule has 112 heavy (non-hydrogen) atoms. The molecule has 2 nitrogen and oxygen atoms in total. The van der Waals surface area contributed by atoms with E-state index in [4.69, 9.17) is 0 Å². The van der Waals surface area contributed by atoms with Gasteiger partial charge in [0.25, 0.3) is 0 Å². The van der Waals surface area contributed by atoms with Crippen molar-refractivity contribution < 1.29 is 42.9 Å². The average molecular weight is 1660 g/mol. The molecule has 0 N–H and O–H groups in total. The van der Waals surface area contributed by atoms with Gasteiger partial charge in [0.2, 0.25) is 0 Å². The summed E-state index contributed by atoms with van der Waals surface area (Å²) in [5, 5.41) is 0. The van der Waals surface area contributed by atoms with Crippen LogP contribution in [0.15, 0.2) is 182 Å². The fourth-order valence-corrected chi connectivity index (χ4v) is 22.0. The predicted molar refractivity (Wildman–Crippen MR) is 490 cm³/mol. The van der Waals surface area contributed by atoms with Crippen molar-refractivity contribution in [2.24, 2.45) is 10.8 Å². The van der Waals surface area contributed by atoms with Crippen LogP contribution >= 0.6 is 0 Å². The van der Waals surface area contributed by atoms with E-state index in [1.165, 1.54) is 344 Å². The van der Waals surface area contributed by atoms with Crippen molar-refractivity contribution in [2.75, 3.05) is 39.3 Å². The molecule has 4 heteroatoms. The lowest BCUT2D eigenvalue weighted by Gasteiger charge is -2.64. The lowest BCUT2D eigenvalue weighted by molar-refractivity contribution is -0.990. The zero-order valence-corrected chi connectivity index (χ0v) is 78.9. The third-order valence-electron chi connectivity index (χ3n) is 27.7. The molecular formula is C108H176Br2N2. The molecule has 2 unspecified atom stereocenters. The number of unbranched alkanes of at least 4 members (excludes halogenated alkanes) is 22. The van der Waals surface area contributed by atoms with E-state index < -0.39 is 0 Å². The van der Waals surface area contributed by atoms with Crippen LogP contribution in [0.2, 0.25) is 0 Å². The summed E-state index contributed by atoms with van der Waals surface area (Å²) in [5.41, 5.74) is 9.30. The van der Waals surface area contributed by atoms with E-state index in [-0.39, 0.29) is 66.7 Å². The first-order valence-electron chi connectivity index (χ1n) is 48.0. The van der Waals surface area contributed by atoms with Gasteiger partial charge in [-0.15, -0.1) is 0 Å². The normalized spacial score (nSPS) is 13.3. The van der Waals surface area contributed by atoms with E-state index in [1.54, 1.807) is 33.4 Å². The summed E-state index contributed by atoms with van der Waals surface area (Å²) in [6.45, 7) is 41.5. The van der Waals surface area contributed by atoms with Crippen LogP contribution in [-0.2, 0) is 21.9 Å². The van der Waals surface area contributed by atoms with Gasteiger partial charge in [-0.1, -0.05) is 459 Å². The quantitative estimate of drug-likeness (QED) is 0.0264. The third kappa shape index (κ3) is 27.6. The summed E-state index contributed by atoms with van der Waals surface area (Å²) in [5.74, 6) is 0. The molecule has 0 saturated heterocycles. The molecule has 6 rings (SSSR count). The van der Waals surface area contributed by atoms with Crippen molar-refractivity contribution >= 4 is 0 Å². The lowest BCUT2D eigenvalue weighted by atomic mass is 9.49. The summed E-state index contributed by atoms with van der Waals surface area (Å²) in [6.07, 6.45) is 59.7. The fourth-order valence-electron chi connectivity index (χ4n) is 22.0. The summed E-state index contributed by atoms with van der Waals surface area (Å²) >= 11 is 0. The standard InChI is InChI=1S/2C54H88N.2BrH/c2*1-8-15-22-23-24-34-44-54(51-39-32-27-33-40-51,55(45-19-12-5,46-20-13-6)47-21-14-7)53(49-35-28-25-29-36-49,50-37-30-26-31-38-50)48-52(41-16-9-2,42-17-10-3)43-18-11-4;;/h2*25-33,35-40H,8-24,34,41-48H2,1-7H3;2*1H/q2*+1;;/p-2. The van der Waals surface area contributed by atoms with Gasteiger partial charge in [0, 0.05) is 24.0 Å². The number of hydrogen-bond acceptors (Lipinski definition) is 0. The molecule has 632 valence electrons. The minimum Gasteiger partial charge on any atom is -1.00 e. The molecule has 0 aliphatic heterocycles. The van der Waals surface area contributed by atoms with Crippen LogP contribution in [-0.4, -0.2) is 48.2 Å². The second kappa shape index (κ2) is 58.1. The molecule has 0 radical (unpaired) electrons. The Hall–Kier alpha value is -3.80. The number of quaternary nitrogens is 2. The van der Waals surface area contributed by atoms with E-state index in [0.29, 0.717) is 0 Å². The second-order valence-electron chi connectivity index (χ2n) is 35.5. The topological polar surface area (TPSA) is 0 Å². The second-order valence-corrected chi connectivity index (χ2v) is 35.5. The van der Waals surface area contributed by atoms with Crippen molar-refractivity contribution in [3.05, 3.63) is 215 Å². The van der Waals surface area contributed by atoms with Gasteiger partial charge in [0.05, 0.1) is 50.1 Å². The van der Waals surface area contributed by atoms with Crippen LogP contribution in [0.5, 0.6) is 0 Å². The zero-order valence-electron chi connectivity index (χ0n) is 75.7. The Bertz CT molecular complexity index is 2750. The first kappa shape index (κ1) is 102.